The van der Waals surface area contributed by atoms with Crippen molar-refractivity contribution in [3.05, 3.63) is 72.0 Å². The second-order valence-corrected chi connectivity index (χ2v) is 9.23. The van der Waals surface area contributed by atoms with E-state index in [1.54, 1.807) is 17.7 Å². The molecule has 1 fully saturated rings. The maximum Gasteiger partial charge on any atom is 0.141 e. The fourth-order valence-corrected chi connectivity index (χ4v) is 4.39. The number of nitrogens with zero attached hydrogens (tertiary/aromatic N) is 3. The zero-order valence-electron chi connectivity index (χ0n) is 18.1. The number of nitrogens with one attached hydrogen (secondary N) is 1. The van der Waals surface area contributed by atoms with Crippen molar-refractivity contribution in [2.45, 2.75) is 19.8 Å². The highest BCUT2D eigenvalue weighted by atomic mass is 32.1. The van der Waals surface area contributed by atoms with E-state index in [-0.39, 0.29) is 0 Å². The van der Waals surface area contributed by atoms with Crippen LogP contribution in [0.3, 0.4) is 0 Å². The van der Waals surface area contributed by atoms with Crippen molar-refractivity contribution in [1.29, 1.82) is 0 Å². The van der Waals surface area contributed by atoms with Gasteiger partial charge >= 0.3 is 0 Å². The summed E-state index contributed by atoms with van der Waals surface area (Å²) in [5, 5.41) is 4.36. The second kappa shape index (κ2) is 8.33. The van der Waals surface area contributed by atoms with Gasteiger partial charge in [0.15, 0.2) is 0 Å². The summed E-state index contributed by atoms with van der Waals surface area (Å²) in [4.78, 5) is 13.2. The van der Waals surface area contributed by atoms with Crippen molar-refractivity contribution < 1.29 is 9.47 Å². The van der Waals surface area contributed by atoms with E-state index in [0.717, 1.165) is 62.0 Å². The molecule has 1 aliphatic carbocycles. The molecular formula is C26H22N4O2S. The van der Waals surface area contributed by atoms with Crippen LogP contribution < -0.4 is 14.8 Å². The monoisotopic (exact) mass is 454 g/mol. The summed E-state index contributed by atoms with van der Waals surface area (Å²) in [6, 6.07) is 18.0. The molecule has 2 heterocycles. The summed E-state index contributed by atoms with van der Waals surface area (Å²) in [6.07, 6.45) is 4.11. The quantitative estimate of drug-likeness (QED) is 0.289. The molecule has 0 atom stereocenters. The van der Waals surface area contributed by atoms with Crippen molar-refractivity contribution in [2.75, 3.05) is 11.9 Å². The van der Waals surface area contributed by atoms with E-state index >= 15 is 0 Å². The molecule has 0 saturated heterocycles. The summed E-state index contributed by atoms with van der Waals surface area (Å²) in [7, 11) is 0. The summed E-state index contributed by atoms with van der Waals surface area (Å²) in [6.45, 7) is 2.81. The van der Waals surface area contributed by atoms with Crippen molar-refractivity contribution in [1.82, 2.24) is 15.0 Å². The lowest BCUT2D eigenvalue weighted by Gasteiger charge is -2.13. The second-order valence-electron chi connectivity index (χ2n) is 8.34. The number of ether oxygens (including phenoxy) is 2. The Bertz CT molecular complexity index is 1460. The number of rotatable bonds is 7. The molecular weight excluding hydrogens is 432 g/mol. The van der Waals surface area contributed by atoms with Crippen molar-refractivity contribution in [3.63, 3.8) is 0 Å². The maximum atomic E-state index is 6.12. The van der Waals surface area contributed by atoms with E-state index in [2.05, 4.69) is 26.3 Å². The smallest absolute Gasteiger partial charge is 0.141 e. The number of benzene rings is 3. The number of fused-ring (bicyclic) bond motifs is 2. The van der Waals surface area contributed by atoms with Crippen molar-refractivity contribution in [2.24, 2.45) is 5.92 Å². The first kappa shape index (κ1) is 19.9. The number of aromatic nitrogens is 3. The van der Waals surface area contributed by atoms with E-state index in [1.807, 2.05) is 61.0 Å². The highest BCUT2D eigenvalue weighted by Crippen LogP contribution is 2.33. The molecule has 2 aromatic heterocycles. The molecule has 7 heteroatoms. The number of thiazole rings is 1. The Morgan fingerprint density at radius 2 is 1.85 bits per heavy atom. The van der Waals surface area contributed by atoms with Crippen molar-refractivity contribution in [3.8, 4) is 17.2 Å². The Hall–Kier alpha value is -3.71. The highest BCUT2D eigenvalue weighted by Gasteiger charge is 2.22. The lowest BCUT2D eigenvalue weighted by atomic mass is 10.2. The SMILES string of the molecule is Cc1cc(Nc2ncnc3ccc(OCC4CC4)cc23)ccc1Oc1ccc2scnc2c1. The van der Waals surface area contributed by atoms with E-state index in [4.69, 9.17) is 9.47 Å². The van der Waals surface area contributed by atoms with Crippen LogP contribution in [0, 0.1) is 12.8 Å². The highest BCUT2D eigenvalue weighted by molar-refractivity contribution is 7.16. The molecule has 164 valence electrons. The predicted octanol–water partition coefficient (Wildman–Crippen LogP) is 6.87. The van der Waals surface area contributed by atoms with Gasteiger partial charge in [-0.25, -0.2) is 15.0 Å². The van der Waals surface area contributed by atoms with Gasteiger partial charge in [0.05, 0.1) is 27.9 Å². The van der Waals surface area contributed by atoms with Crippen LogP contribution in [-0.4, -0.2) is 21.6 Å². The summed E-state index contributed by atoms with van der Waals surface area (Å²) >= 11 is 1.62. The molecule has 0 spiro atoms. The lowest BCUT2D eigenvalue weighted by Crippen LogP contribution is -2.00. The first-order chi connectivity index (χ1) is 16.2. The van der Waals surface area contributed by atoms with Crippen LogP contribution in [-0.2, 0) is 0 Å². The first-order valence-corrected chi connectivity index (χ1v) is 11.9. The molecule has 0 bridgehead atoms. The van der Waals surface area contributed by atoms with Crippen LogP contribution in [0.2, 0.25) is 0 Å². The van der Waals surface area contributed by atoms with Crippen LogP contribution >= 0.6 is 11.3 Å². The van der Waals surface area contributed by atoms with Crippen LogP contribution in [0.1, 0.15) is 18.4 Å². The molecule has 3 aromatic carbocycles. The lowest BCUT2D eigenvalue weighted by molar-refractivity contribution is 0.300. The minimum Gasteiger partial charge on any atom is -0.493 e. The molecule has 0 radical (unpaired) electrons. The Labute approximate surface area is 195 Å². The van der Waals surface area contributed by atoms with Crippen LogP contribution in [0.4, 0.5) is 11.5 Å². The largest absolute Gasteiger partial charge is 0.493 e. The number of aryl methyl sites for hydroxylation is 1. The number of hydrogen-bond donors (Lipinski definition) is 1. The topological polar surface area (TPSA) is 69.2 Å². The Kier molecular flexibility index (Phi) is 5.03. The van der Waals surface area contributed by atoms with Crippen LogP contribution in [0.25, 0.3) is 21.1 Å². The molecule has 6 rings (SSSR count). The third-order valence-electron chi connectivity index (χ3n) is 5.76. The van der Waals surface area contributed by atoms with Gasteiger partial charge in [0, 0.05) is 17.1 Å². The zero-order chi connectivity index (χ0) is 22.2. The normalized spacial score (nSPS) is 13.4. The Morgan fingerprint density at radius 3 is 2.73 bits per heavy atom. The van der Waals surface area contributed by atoms with Gasteiger partial charge in [0.2, 0.25) is 0 Å². The maximum absolute atomic E-state index is 6.12. The fourth-order valence-electron chi connectivity index (χ4n) is 3.73. The van der Waals surface area contributed by atoms with Crippen molar-refractivity contribution >= 4 is 44.0 Å². The summed E-state index contributed by atoms with van der Waals surface area (Å²) in [5.74, 6) is 3.89. The molecule has 1 N–H and O–H groups in total. The molecule has 33 heavy (non-hydrogen) atoms. The molecule has 0 amide bonds. The van der Waals surface area contributed by atoms with Crippen LogP contribution in [0.5, 0.6) is 17.2 Å². The molecule has 6 nitrogen and oxygen atoms in total. The fraction of sp³-hybridized carbons (Fsp3) is 0.192. The third kappa shape index (κ3) is 4.32. The van der Waals surface area contributed by atoms with Gasteiger partial charge in [0.25, 0.3) is 0 Å². The Balaban J connectivity index is 1.23. The molecule has 0 unspecified atom stereocenters. The minimum atomic E-state index is 0.706. The summed E-state index contributed by atoms with van der Waals surface area (Å²) < 4.78 is 13.2. The van der Waals surface area contributed by atoms with Gasteiger partial charge in [0.1, 0.15) is 29.4 Å². The van der Waals surface area contributed by atoms with E-state index in [1.165, 1.54) is 12.8 Å². The molecule has 0 aliphatic heterocycles. The molecule has 1 aliphatic rings. The molecule has 1 saturated carbocycles. The van der Waals surface area contributed by atoms with Gasteiger partial charge in [-0.2, -0.15) is 0 Å². The standard InChI is InChI=1S/C26H22N4O2S/c1-16-10-18(4-8-24(16)32-20-6-9-25-23(12-20)29-15-33-25)30-26-21-11-19(31-13-17-2-3-17)5-7-22(21)27-14-28-26/h4-12,14-15,17H,2-3,13H2,1H3,(H,27,28,30). The van der Waals surface area contributed by atoms with Gasteiger partial charge < -0.3 is 14.8 Å². The van der Waals surface area contributed by atoms with Gasteiger partial charge in [-0.3, -0.25) is 0 Å². The van der Waals surface area contributed by atoms with E-state index in [9.17, 15) is 0 Å². The first-order valence-electron chi connectivity index (χ1n) is 11.0. The Morgan fingerprint density at radius 1 is 0.939 bits per heavy atom. The van der Waals surface area contributed by atoms with Gasteiger partial charge in [-0.15, -0.1) is 11.3 Å². The third-order valence-corrected chi connectivity index (χ3v) is 6.57. The average molecular weight is 455 g/mol. The number of anilines is 2. The summed E-state index contributed by atoms with van der Waals surface area (Å²) in [5.41, 5.74) is 5.62. The van der Waals surface area contributed by atoms with Crippen LogP contribution in [0.15, 0.2) is 66.4 Å². The zero-order valence-corrected chi connectivity index (χ0v) is 18.9. The van der Waals surface area contributed by atoms with E-state index < -0.39 is 0 Å². The molecule has 5 aromatic rings. The minimum absolute atomic E-state index is 0.706. The van der Waals surface area contributed by atoms with Gasteiger partial charge in [-0.05, 0) is 79.8 Å². The predicted molar refractivity (Wildman–Crippen MR) is 132 cm³/mol. The number of hydrogen-bond acceptors (Lipinski definition) is 7. The van der Waals surface area contributed by atoms with Gasteiger partial charge in [-0.1, -0.05) is 0 Å². The average Bonchev–Trinajstić information content (AvgIpc) is 3.55. The van der Waals surface area contributed by atoms with E-state index in [0.29, 0.717) is 5.92 Å².